The number of rotatable bonds is 6. The Morgan fingerprint density at radius 3 is 2.24 bits per heavy atom. The highest BCUT2D eigenvalue weighted by molar-refractivity contribution is 6.19. The fraction of sp³-hybridized carbons (Fsp3) is 0.312. The maximum absolute atomic E-state index is 13.5. The van der Waals surface area contributed by atoms with Crippen LogP contribution in [0.25, 0.3) is 0 Å². The number of carbonyl (C=O) groups excluding carboxylic acids is 2. The van der Waals surface area contributed by atoms with E-state index >= 15 is 0 Å². The van der Waals surface area contributed by atoms with Gasteiger partial charge in [-0.05, 0) is 19.8 Å². The lowest BCUT2D eigenvalue weighted by Crippen LogP contribution is -2.28. The largest absolute Gasteiger partial charge is 0.454 e. The summed E-state index contributed by atoms with van der Waals surface area (Å²) in [6, 6.07) is 0.730. The van der Waals surface area contributed by atoms with E-state index < -0.39 is 41.4 Å². The smallest absolute Gasteiger partial charge is 0.344 e. The molecule has 1 aromatic rings. The Morgan fingerprint density at radius 1 is 1.20 bits per heavy atom. The number of hydrogen-bond donors (Lipinski definition) is 2. The molecule has 0 atom stereocenters. The lowest BCUT2D eigenvalue weighted by Gasteiger charge is -2.10. The maximum Gasteiger partial charge on any atom is 0.344 e. The Labute approximate surface area is 141 Å². The highest BCUT2D eigenvalue weighted by Gasteiger charge is 2.26. The molecule has 9 heteroatoms. The second-order valence-corrected chi connectivity index (χ2v) is 5.55. The van der Waals surface area contributed by atoms with Gasteiger partial charge in [0.05, 0.1) is 11.6 Å². The normalized spacial score (nSPS) is 15.6. The first-order chi connectivity index (χ1) is 11.7. The third kappa shape index (κ3) is 4.59. The number of esters is 1. The van der Waals surface area contributed by atoms with Crippen LogP contribution in [0.15, 0.2) is 28.4 Å². The molecule has 2 rings (SSSR count). The van der Waals surface area contributed by atoms with E-state index in [-0.39, 0.29) is 23.1 Å². The van der Waals surface area contributed by atoms with E-state index in [1.54, 1.807) is 0 Å². The Hall–Kier alpha value is -2.84. The maximum atomic E-state index is 13.5. The van der Waals surface area contributed by atoms with Crippen LogP contribution in [0.3, 0.4) is 0 Å². The summed E-state index contributed by atoms with van der Waals surface area (Å²) in [5, 5.41) is 0. The van der Waals surface area contributed by atoms with Crippen molar-refractivity contribution >= 4 is 17.6 Å². The molecule has 0 unspecified atom stereocenters. The number of halogens is 3. The van der Waals surface area contributed by atoms with E-state index in [2.05, 4.69) is 4.99 Å². The summed E-state index contributed by atoms with van der Waals surface area (Å²) in [7, 11) is 0. The quantitative estimate of drug-likeness (QED) is 0.265. The minimum Gasteiger partial charge on any atom is -0.454 e. The van der Waals surface area contributed by atoms with Gasteiger partial charge < -0.3 is 16.2 Å². The lowest BCUT2D eigenvalue weighted by atomic mass is 10.1. The molecule has 6 nitrogen and oxygen atoms in total. The van der Waals surface area contributed by atoms with Gasteiger partial charge in [0.25, 0.3) is 0 Å². The topological polar surface area (TPSA) is 108 Å². The third-order valence-corrected chi connectivity index (χ3v) is 3.34. The average molecular weight is 355 g/mol. The van der Waals surface area contributed by atoms with Gasteiger partial charge >= 0.3 is 5.97 Å². The number of ether oxygens (including phenoxy) is 1. The van der Waals surface area contributed by atoms with Gasteiger partial charge in [-0.3, -0.25) is 9.79 Å². The molecular formula is C16H16F3N3O3. The minimum atomic E-state index is -1.39. The summed E-state index contributed by atoms with van der Waals surface area (Å²) in [4.78, 5) is 28.0. The summed E-state index contributed by atoms with van der Waals surface area (Å²) < 4.78 is 44.7. The first kappa shape index (κ1) is 18.5. The van der Waals surface area contributed by atoms with E-state index in [1.807, 2.05) is 0 Å². The fourth-order valence-corrected chi connectivity index (χ4v) is 2.02. The zero-order chi connectivity index (χ0) is 18.7. The van der Waals surface area contributed by atoms with Gasteiger partial charge in [0.15, 0.2) is 6.61 Å². The SMILES string of the molecule is CC(N)=C(C(=O)OCC(=O)c1c(F)cc(F)cc1F)C(N)=NC1CC1. The van der Waals surface area contributed by atoms with Crippen LogP contribution in [0.1, 0.15) is 30.1 Å². The standard InChI is InChI=1S/C16H16F3N3O3/c1-7(20)13(15(21)22-9-2-3-9)16(24)25-6-12(23)14-10(18)4-8(17)5-11(14)19/h4-5,9H,2-3,6,20H2,1H3,(H2,21,22). The van der Waals surface area contributed by atoms with Gasteiger partial charge in [-0.15, -0.1) is 0 Å². The van der Waals surface area contributed by atoms with Crippen molar-refractivity contribution in [2.24, 2.45) is 16.5 Å². The van der Waals surface area contributed by atoms with Crippen LogP contribution < -0.4 is 11.5 Å². The van der Waals surface area contributed by atoms with Crippen LogP contribution in [0.5, 0.6) is 0 Å². The lowest BCUT2D eigenvalue weighted by molar-refractivity contribution is -0.137. The predicted molar refractivity (Wildman–Crippen MR) is 83.1 cm³/mol. The molecule has 0 spiro atoms. The highest BCUT2D eigenvalue weighted by atomic mass is 19.1. The molecule has 1 aromatic carbocycles. The zero-order valence-corrected chi connectivity index (χ0v) is 13.3. The highest BCUT2D eigenvalue weighted by Crippen LogP contribution is 2.24. The molecule has 134 valence electrons. The molecule has 0 radical (unpaired) electrons. The number of Topliss-reactive ketones (excluding diaryl/α,β-unsaturated/α-hetero) is 1. The van der Waals surface area contributed by atoms with Crippen molar-refractivity contribution < 1.29 is 27.5 Å². The molecule has 0 aromatic heterocycles. The van der Waals surface area contributed by atoms with Crippen molar-refractivity contribution in [1.29, 1.82) is 0 Å². The number of nitrogens with two attached hydrogens (primary N) is 2. The van der Waals surface area contributed by atoms with Crippen molar-refractivity contribution in [2.45, 2.75) is 25.8 Å². The molecule has 0 bridgehead atoms. The monoisotopic (exact) mass is 355 g/mol. The number of allylic oxidation sites excluding steroid dienone is 1. The van der Waals surface area contributed by atoms with Crippen LogP contribution in [-0.4, -0.2) is 30.2 Å². The van der Waals surface area contributed by atoms with Gasteiger partial charge in [-0.2, -0.15) is 0 Å². The molecule has 1 fully saturated rings. The summed E-state index contributed by atoms with van der Waals surface area (Å²) >= 11 is 0. The molecule has 25 heavy (non-hydrogen) atoms. The van der Waals surface area contributed by atoms with Crippen molar-refractivity contribution in [3.8, 4) is 0 Å². The van der Waals surface area contributed by atoms with Gasteiger partial charge in [-0.1, -0.05) is 0 Å². The number of benzene rings is 1. The van der Waals surface area contributed by atoms with E-state index in [4.69, 9.17) is 16.2 Å². The molecule has 0 heterocycles. The van der Waals surface area contributed by atoms with Crippen LogP contribution >= 0.6 is 0 Å². The average Bonchev–Trinajstić information content (AvgIpc) is 3.27. The number of hydrogen-bond acceptors (Lipinski definition) is 5. The Bertz CT molecular complexity index is 759. The second-order valence-electron chi connectivity index (χ2n) is 5.55. The number of amidine groups is 1. The van der Waals surface area contributed by atoms with Gasteiger partial charge in [0, 0.05) is 17.8 Å². The number of nitrogens with zero attached hydrogens (tertiary/aromatic N) is 1. The van der Waals surface area contributed by atoms with Crippen LogP contribution in [0.2, 0.25) is 0 Å². The van der Waals surface area contributed by atoms with Gasteiger partial charge in [0.2, 0.25) is 5.78 Å². The molecule has 1 aliphatic rings. The second kappa shape index (κ2) is 7.37. The number of ketones is 1. The minimum absolute atomic E-state index is 0.0196. The molecule has 4 N–H and O–H groups in total. The number of aliphatic imine (C=N–C) groups is 1. The van der Waals surface area contributed by atoms with E-state index in [9.17, 15) is 22.8 Å². The Morgan fingerprint density at radius 2 is 1.76 bits per heavy atom. The molecule has 1 aliphatic carbocycles. The molecule has 0 amide bonds. The predicted octanol–water partition coefficient (Wildman–Crippen LogP) is 1.58. The molecule has 0 aliphatic heterocycles. The number of carbonyl (C=O) groups is 2. The first-order valence-corrected chi connectivity index (χ1v) is 7.35. The summed E-state index contributed by atoms with van der Waals surface area (Å²) in [5.41, 5.74) is 10.1. The van der Waals surface area contributed by atoms with Gasteiger partial charge in [-0.25, -0.2) is 18.0 Å². The van der Waals surface area contributed by atoms with Crippen molar-refractivity contribution in [3.63, 3.8) is 0 Å². The summed E-state index contributed by atoms with van der Waals surface area (Å²) in [6.45, 7) is 0.429. The Kier molecular flexibility index (Phi) is 5.45. The van der Waals surface area contributed by atoms with Crippen molar-refractivity contribution in [1.82, 2.24) is 0 Å². The van der Waals surface area contributed by atoms with Crippen LogP contribution in [-0.2, 0) is 9.53 Å². The van der Waals surface area contributed by atoms with Crippen LogP contribution in [0.4, 0.5) is 13.2 Å². The Balaban J connectivity index is 2.10. The first-order valence-electron chi connectivity index (χ1n) is 7.35. The van der Waals surface area contributed by atoms with E-state index in [1.165, 1.54) is 6.92 Å². The molecule has 1 saturated carbocycles. The summed E-state index contributed by atoms with van der Waals surface area (Å²) in [6.07, 6.45) is 1.68. The fourth-order valence-electron chi connectivity index (χ4n) is 2.02. The third-order valence-electron chi connectivity index (χ3n) is 3.34. The molecular weight excluding hydrogens is 339 g/mol. The van der Waals surface area contributed by atoms with Crippen LogP contribution in [0, 0.1) is 17.5 Å². The van der Waals surface area contributed by atoms with Crippen molar-refractivity contribution in [2.75, 3.05) is 6.61 Å². The molecule has 0 saturated heterocycles. The summed E-state index contributed by atoms with van der Waals surface area (Å²) in [5.74, 6) is -6.29. The van der Waals surface area contributed by atoms with E-state index in [0.29, 0.717) is 12.1 Å². The van der Waals surface area contributed by atoms with Crippen molar-refractivity contribution in [3.05, 3.63) is 46.4 Å². The zero-order valence-electron chi connectivity index (χ0n) is 13.3. The van der Waals surface area contributed by atoms with E-state index in [0.717, 1.165) is 12.8 Å². The van der Waals surface area contributed by atoms with Gasteiger partial charge in [0.1, 0.15) is 28.9 Å².